The predicted octanol–water partition coefficient (Wildman–Crippen LogP) is 5.52. The molecule has 0 saturated heterocycles. The maximum absolute atomic E-state index is 2.48. The molecule has 0 radical (unpaired) electrons. The molecule has 0 aliphatic heterocycles. The molecule has 0 heterocycles. The van der Waals surface area contributed by atoms with Crippen LogP contribution in [0, 0.1) is 29.6 Å². The molecule has 0 amide bonds. The molecule has 96 valence electrons. The quantitative estimate of drug-likeness (QED) is 0.557. The largest absolute Gasteiger partial charge is 0.0651 e. The molecule has 0 nitrogen and oxygen atoms in total. The van der Waals surface area contributed by atoms with Gasteiger partial charge < -0.3 is 0 Å². The fraction of sp³-hybridized carbons (Fsp3) is 1.00. The molecule has 0 aromatic heterocycles. The normalized spacial score (nSPS) is 33.9. The van der Waals surface area contributed by atoms with Crippen LogP contribution in [0.1, 0.15) is 73.1 Å². The standard InChI is InChI=1S/C16H32/c1-6-12(2)7-8-13(3)11-16-10-9-14(4)15(16)5/h12-16H,6-11H2,1-5H3. The zero-order valence-corrected chi connectivity index (χ0v) is 12.1. The highest BCUT2D eigenvalue weighted by molar-refractivity contribution is 4.80. The van der Waals surface area contributed by atoms with Gasteiger partial charge in [-0.3, -0.25) is 0 Å². The van der Waals surface area contributed by atoms with E-state index in [-0.39, 0.29) is 0 Å². The molecule has 5 atom stereocenters. The van der Waals surface area contributed by atoms with E-state index in [1.165, 1.54) is 38.5 Å². The summed E-state index contributed by atoms with van der Waals surface area (Å²) in [5.74, 6) is 4.87. The minimum Gasteiger partial charge on any atom is -0.0651 e. The third kappa shape index (κ3) is 4.11. The summed E-state index contributed by atoms with van der Waals surface area (Å²) in [5, 5.41) is 0. The Morgan fingerprint density at radius 3 is 2.12 bits per heavy atom. The van der Waals surface area contributed by atoms with Crippen molar-refractivity contribution in [1.29, 1.82) is 0 Å². The monoisotopic (exact) mass is 224 g/mol. The van der Waals surface area contributed by atoms with Gasteiger partial charge in [-0.15, -0.1) is 0 Å². The zero-order chi connectivity index (χ0) is 12.1. The van der Waals surface area contributed by atoms with Crippen LogP contribution in [-0.2, 0) is 0 Å². The van der Waals surface area contributed by atoms with Crippen molar-refractivity contribution in [2.45, 2.75) is 73.1 Å². The first-order chi connectivity index (χ1) is 7.54. The van der Waals surface area contributed by atoms with Crippen LogP contribution < -0.4 is 0 Å². The topological polar surface area (TPSA) is 0 Å². The van der Waals surface area contributed by atoms with Gasteiger partial charge in [0.05, 0.1) is 0 Å². The van der Waals surface area contributed by atoms with Gasteiger partial charge in [0.25, 0.3) is 0 Å². The van der Waals surface area contributed by atoms with Gasteiger partial charge in [-0.05, 0) is 42.4 Å². The average Bonchev–Trinajstić information content (AvgIpc) is 2.57. The molecule has 0 aromatic carbocycles. The maximum atomic E-state index is 2.48. The van der Waals surface area contributed by atoms with Crippen LogP contribution in [-0.4, -0.2) is 0 Å². The molecule has 0 spiro atoms. The summed E-state index contributed by atoms with van der Waals surface area (Å²) in [6.07, 6.45) is 8.70. The number of hydrogen-bond donors (Lipinski definition) is 0. The van der Waals surface area contributed by atoms with Crippen LogP contribution in [0.4, 0.5) is 0 Å². The van der Waals surface area contributed by atoms with E-state index in [2.05, 4.69) is 34.6 Å². The van der Waals surface area contributed by atoms with Crippen LogP contribution in [0.15, 0.2) is 0 Å². The van der Waals surface area contributed by atoms with Crippen LogP contribution in [0.25, 0.3) is 0 Å². The summed E-state index contributed by atoms with van der Waals surface area (Å²) in [6, 6.07) is 0. The van der Waals surface area contributed by atoms with E-state index in [1.807, 2.05) is 0 Å². The smallest absolute Gasteiger partial charge is 0.0383 e. The minimum atomic E-state index is 0.933. The molecule has 1 fully saturated rings. The molecule has 0 N–H and O–H groups in total. The van der Waals surface area contributed by atoms with Crippen LogP contribution in [0.5, 0.6) is 0 Å². The van der Waals surface area contributed by atoms with Gasteiger partial charge >= 0.3 is 0 Å². The van der Waals surface area contributed by atoms with Gasteiger partial charge in [0.15, 0.2) is 0 Å². The van der Waals surface area contributed by atoms with Gasteiger partial charge in [0.2, 0.25) is 0 Å². The summed E-state index contributed by atoms with van der Waals surface area (Å²) in [6.45, 7) is 12.1. The Hall–Kier alpha value is 0. The van der Waals surface area contributed by atoms with Gasteiger partial charge in [0, 0.05) is 0 Å². The SMILES string of the molecule is CCC(C)CCC(C)CC1CCC(C)C1C. The second-order valence-corrected chi connectivity index (χ2v) is 6.61. The van der Waals surface area contributed by atoms with Crippen molar-refractivity contribution in [3.05, 3.63) is 0 Å². The van der Waals surface area contributed by atoms with E-state index in [0.29, 0.717) is 0 Å². The first kappa shape index (κ1) is 14.1. The van der Waals surface area contributed by atoms with E-state index in [1.54, 1.807) is 0 Å². The van der Waals surface area contributed by atoms with Crippen LogP contribution >= 0.6 is 0 Å². The third-order valence-corrected chi connectivity index (χ3v) is 5.19. The third-order valence-electron chi connectivity index (χ3n) is 5.19. The zero-order valence-electron chi connectivity index (χ0n) is 12.1. The second-order valence-electron chi connectivity index (χ2n) is 6.61. The van der Waals surface area contributed by atoms with Crippen LogP contribution in [0.2, 0.25) is 0 Å². The van der Waals surface area contributed by atoms with E-state index in [9.17, 15) is 0 Å². The minimum absolute atomic E-state index is 0.933. The van der Waals surface area contributed by atoms with Crippen molar-refractivity contribution in [2.75, 3.05) is 0 Å². The van der Waals surface area contributed by atoms with E-state index in [4.69, 9.17) is 0 Å². The van der Waals surface area contributed by atoms with Crippen LogP contribution in [0.3, 0.4) is 0 Å². The van der Waals surface area contributed by atoms with Crippen molar-refractivity contribution >= 4 is 0 Å². The second kappa shape index (κ2) is 6.67. The van der Waals surface area contributed by atoms with E-state index >= 15 is 0 Å². The molecule has 1 saturated carbocycles. The predicted molar refractivity (Wildman–Crippen MR) is 73.5 cm³/mol. The Morgan fingerprint density at radius 1 is 1.00 bits per heavy atom. The molecular formula is C16H32. The molecular weight excluding hydrogens is 192 g/mol. The average molecular weight is 224 g/mol. The highest BCUT2D eigenvalue weighted by Gasteiger charge is 2.30. The van der Waals surface area contributed by atoms with Crippen molar-refractivity contribution in [3.8, 4) is 0 Å². The lowest BCUT2D eigenvalue weighted by atomic mass is 9.83. The van der Waals surface area contributed by atoms with Gasteiger partial charge in [-0.25, -0.2) is 0 Å². The van der Waals surface area contributed by atoms with Crippen molar-refractivity contribution in [3.63, 3.8) is 0 Å². The van der Waals surface area contributed by atoms with Gasteiger partial charge in [0.1, 0.15) is 0 Å². The summed E-state index contributed by atoms with van der Waals surface area (Å²) < 4.78 is 0. The fourth-order valence-corrected chi connectivity index (χ4v) is 3.21. The Kier molecular flexibility index (Phi) is 5.86. The molecule has 1 rings (SSSR count). The van der Waals surface area contributed by atoms with Crippen molar-refractivity contribution < 1.29 is 0 Å². The molecule has 1 aliphatic carbocycles. The number of hydrogen-bond acceptors (Lipinski definition) is 0. The highest BCUT2D eigenvalue weighted by Crippen LogP contribution is 2.40. The highest BCUT2D eigenvalue weighted by atomic mass is 14.4. The molecule has 0 heteroatoms. The fourth-order valence-electron chi connectivity index (χ4n) is 3.21. The Morgan fingerprint density at radius 2 is 1.62 bits per heavy atom. The lowest BCUT2D eigenvalue weighted by Crippen LogP contribution is -2.13. The summed E-state index contributed by atoms with van der Waals surface area (Å²) in [5.41, 5.74) is 0. The Balaban J connectivity index is 2.21. The van der Waals surface area contributed by atoms with E-state index < -0.39 is 0 Å². The number of rotatable bonds is 6. The van der Waals surface area contributed by atoms with Crippen molar-refractivity contribution in [2.24, 2.45) is 29.6 Å². The molecule has 16 heavy (non-hydrogen) atoms. The van der Waals surface area contributed by atoms with Gasteiger partial charge in [-0.2, -0.15) is 0 Å². The lowest BCUT2D eigenvalue weighted by Gasteiger charge is -2.22. The maximum Gasteiger partial charge on any atom is -0.0383 e. The van der Waals surface area contributed by atoms with Crippen molar-refractivity contribution in [1.82, 2.24) is 0 Å². The molecule has 0 bridgehead atoms. The molecule has 5 unspecified atom stereocenters. The summed E-state index contributed by atoms with van der Waals surface area (Å²) >= 11 is 0. The summed E-state index contributed by atoms with van der Waals surface area (Å²) in [7, 11) is 0. The summed E-state index contributed by atoms with van der Waals surface area (Å²) in [4.78, 5) is 0. The first-order valence-corrected chi connectivity index (χ1v) is 7.54. The van der Waals surface area contributed by atoms with E-state index in [0.717, 1.165) is 29.6 Å². The molecule has 1 aliphatic rings. The van der Waals surface area contributed by atoms with Gasteiger partial charge in [-0.1, -0.05) is 60.3 Å². The Bertz CT molecular complexity index is 184. The molecule has 0 aromatic rings. The lowest BCUT2D eigenvalue weighted by molar-refractivity contribution is 0.281. The Labute approximate surface area is 103 Å². The first-order valence-electron chi connectivity index (χ1n) is 7.54.